The number of piperazine rings is 1. The van der Waals surface area contributed by atoms with Crippen LogP contribution < -0.4 is 10.2 Å². The van der Waals surface area contributed by atoms with Crippen LogP contribution in [0.25, 0.3) is 0 Å². The number of piperidine rings is 1. The molecule has 2 aliphatic rings. The molecule has 0 bridgehead atoms. The normalized spacial score (nSPS) is 26.3. The highest BCUT2D eigenvalue weighted by Gasteiger charge is 2.39. The number of rotatable bonds is 3. The largest absolute Gasteiger partial charge is 0.369 e. The van der Waals surface area contributed by atoms with E-state index in [2.05, 4.69) is 34.2 Å². The lowest BCUT2D eigenvalue weighted by Crippen LogP contribution is -2.49. The number of amides is 2. The second-order valence-electron chi connectivity index (χ2n) is 6.68. The molecule has 5 nitrogen and oxygen atoms in total. The van der Waals surface area contributed by atoms with Crippen molar-refractivity contribution in [2.75, 3.05) is 37.6 Å². The van der Waals surface area contributed by atoms with Crippen molar-refractivity contribution in [3.63, 3.8) is 0 Å². The molecule has 2 aliphatic heterocycles. The number of carbonyl (C=O) groups is 2. The number of nitrogens with one attached hydrogen (secondary N) is 1. The Morgan fingerprint density at radius 1 is 1.09 bits per heavy atom. The summed E-state index contributed by atoms with van der Waals surface area (Å²) in [6, 6.07) is 8.28. The van der Waals surface area contributed by atoms with Crippen molar-refractivity contribution in [3.8, 4) is 0 Å². The smallest absolute Gasteiger partial charge is 0.236 e. The van der Waals surface area contributed by atoms with Crippen LogP contribution in [-0.4, -0.2) is 49.4 Å². The third kappa shape index (κ3) is 3.11. The molecule has 5 heteroatoms. The highest BCUT2D eigenvalue weighted by molar-refractivity contribution is 6.03. The molecule has 0 radical (unpaired) electrons. The van der Waals surface area contributed by atoms with E-state index in [4.69, 9.17) is 0 Å². The van der Waals surface area contributed by atoms with Crippen molar-refractivity contribution in [1.82, 2.24) is 10.2 Å². The van der Waals surface area contributed by atoms with Crippen LogP contribution >= 0.6 is 0 Å². The molecule has 0 spiro atoms. The first kappa shape index (κ1) is 16.0. The standard InChI is InChI=1S/C18H25N3O2/c1-3-20-10-12-21(13-11-20)15-6-4-14(5-7-15)18(2)9-8-16(22)19-17(18)23/h4-7H,3,8-13H2,1-2H3,(H,19,22,23)/t18-/m1/s1. The number of imide groups is 1. The molecule has 1 aromatic rings. The number of carbonyl (C=O) groups excluding carboxylic acids is 2. The van der Waals surface area contributed by atoms with Crippen LogP contribution in [0.4, 0.5) is 5.69 Å². The second-order valence-corrected chi connectivity index (χ2v) is 6.68. The maximum Gasteiger partial charge on any atom is 0.236 e. The van der Waals surface area contributed by atoms with Gasteiger partial charge in [-0.3, -0.25) is 14.9 Å². The fraction of sp³-hybridized carbons (Fsp3) is 0.556. The van der Waals surface area contributed by atoms with Crippen LogP contribution in [-0.2, 0) is 15.0 Å². The second kappa shape index (κ2) is 6.32. The molecule has 0 aromatic heterocycles. The highest BCUT2D eigenvalue weighted by atomic mass is 16.2. The van der Waals surface area contributed by atoms with E-state index < -0.39 is 5.41 Å². The minimum absolute atomic E-state index is 0.169. The monoisotopic (exact) mass is 315 g/mol. The maximum absolute atomic E-state index is 12.2. The molecular weight excluding hydrogens is 290 g/mol. The Morgan fingerprint density at radius 2 is 1.74 bits per heavy atom. The molecule has 3 rings (SSSR count). The first-order valence-corrected chi connectivity index (χ1v) is 8.45. The Hall–Kier alpha value is -1.88. The van der Waals surface area contributed by atoms with E-state index in [9.17, 15) is 9.59 Å². The third-order valence-corrected chi connectivity index (χ3v) is 5.30. The van der Waals surface area contributed by atoms with Crippen LogP contribution in [0.5, 0.6) is 0 Å². The number of nitrogens with zero attached hydrogens (tertiary/aromatic N) is 2. The van der Waals surface area contributed by atoms with Crippen molar-refractivity contribution >= 4 is 17.5 Å². The molecule has 2 fully saturated rings. The van der Waals surface area contributed by atoms with Gasteiger partial charge in [-0.25, -0.2) is 0 Å². The summed E-state index contributed by atoms with van der Waals surface area (Å²) in [7, 11) is 0. The fourth-order valence-electron chi connectivity index (χ4n) is 3.44. The Kier molecular flexibility index (Phi) is 4.39. The van der Waals surface area contributed by atoms with Crippen molar-refractivity contribution in [2.45, 2.75) is 32.1 Å². The van der Waals surface area contributed by atoms with Crippen LogP contribution in [0.1, 0.15) is 32.3 Å². The first-order chi connectivity index (χ1) is 11.0. The predicted octanol–water partition coefficient (Wildman–Crippen LogP) is 1.52. The third-order valence-electron chi connectivity index (χ3n) is 5.30. The summed E-state index contributed by atoms with van der Waals surface area (Å²) < 4.78 is 0. The van der Waals surface area contributed by atoms with Gasteiger partial charge in [0.05, 0.1) is 5.41 Å². The topological polar surface area (TPSA) is 52.6 Å². The van der Waals surface area contributed by atoms with Gasteiger partial charge in [-0.2, -0.15) is 0 Å². The Morgan fingerprint density at radius 3 is 2.30 bits per heavy atom. The lowest BCUT2D eigenvalue weighted by atomic mass is 9.75. The summed E-state index contributed by atoms with van der Waals surface area (Å²) in [5, 5.41) is 2.46. The zero-order valence-corrected chi connectivity index (χ0v) is 14.0. The SMILES string of the molecule is CCN1CCN(c2ccc([C@@]3(C)CCC(=O)NC3=O)cc2)CC1. The van der Waals surface area contributed by atoms with Gasteiger partial charge in [-0.1, -0.05) is 19.1 Å². The lowest BCUT2D eigenvalue weighted by Gasteiger charge is -2.36. The molecule has 1 atom stereocenters. The minimum atomic E-state index is -0.604. The summed E-state index contributed by atoms with van der Waals surface area (Å²) >= 11 is 0. The average Bonchev–Trinajstić information content (AvgIpc) is 2.59. The molecular formula is C18H25N3O2. The highest BCUT2D eigenvalue weighted by Crippen LogP contribution is 2.33. The molecule has 0 unspecified atom stereocenters. The van der Waals surface area contributed by atoms with E-state index in [0.29, 0.717) is 12.8 Å². The molecule has 2 saturated heterocycles. The Bertz CT molecular complexity index is 591. The Labute approximate surface area is 137 Å². The Balaban J connectivity index is 1.72. The van der Waals surface area contributed by atoms with Crippen molar-refractivity contribution < 1.29 is 9.59 Å². The van der Waals surface area contributed by atoms with Crippen LogP contribution in [0.2, 0.25) is 0 Å². The summed E-state index contributed by atoms with van der Waals surface area (Å²) in [5.74, 6) is -0.351. The number of hydrogen-bond acceptors (Lipinski definition) is 4. The number of hydrogen-bond donors (Lipinski definition) is 1. The number of likely N-dealkylation sites (N-methyl/N-ethyl adjacent to an activating group) is 1. The van der Waals surface area contributed by atoms with Crippen molar-refractivity contribution in [1.29, 1.82) is 0 Å². The van der Waals surface area contributed by atoms with E-state index in [1.54, 1.807) is 0 Å². The molecule has 124 valence electrons. The van der Waals surface area contributed by atoms with Crippen molar-refractivity contribution in [3.05, 3.63) is 29.8 Å². The zero-order chi connectivity index (χ0) is 16.4. The molecule has 0 saturated carbocycles. The van der Waals surface area contributed by atoms with Crippen LogP contribution in [0.3, 0.4) is 0 Å². The quantitative estimate of drug-likeness (QED) is 0.860. The van der Waals surface area contributed by atoms with Gasteiger partial charge in [0.25, 0.3) is 0 Å². The molecule has 23 heavy (non-hydrogen) atoms. The van der Waals surface area contributed by atoms with Gasteiger partial charge in [0, 0.05) is 38.3 Å². The summed E-state index contributed by atoms with van der Waals surface area (Å²) in [6.45, 7) is 9.51. The van der Waals surface area contributed by atoms with Gasteiger partial charge < -0.3 is 9.80 Å². The van der Waals surface area contributed by atoms with Gasteiger partial charge in [-0.05, 0) is 37.6 Å². The fourth-order valence-corrected chi connectivity index (χ4v) is 3.44. The van der Waals surface area contributed by atoms with E-state index in [-0.39, 0.29) is 11.8 Å². The molecule has 2 amide bonds. The average molecular weight is 315 g/mol. The molecule has 2 heterocycles. The van der Waals surface area contributed by atoms with Gasteiger partial charge in [0.15, 0.2) is 0 Å². The van der Waals surface area contributed by atoms with Gasteiger partial charge >= 0.3 is 0 Å². The van der Waals surface area contributed by atoms with E-state index in [0.717, 1.165) is 38.3 Å². The number of benzene rings is 1. The number of anilines is 1. The summed E-state index contributed by atoms with van der Waals surface area (Å²) in [4.78, 5) is 28.4. The van der Waals surface area contributed by atoms with E-state index >= 15 is 0 Å². The van der Waals surface area contributed by atoms with E-state index in [1.807, 2.05) is 19.1 Å². The van der Waals surface area contributed by atoms with Crippen molar-refractivity contribution in [2.24, 2.45) is 0 Å². The molecule has 0 aliphatic carbocycles. The summed E-state index contributed by atoms with van der Waals surface area (Å²) in [6.07, 6.45) is 0.981. The molecule has 1 aromatic carbocycles. The summed E-state index contributed by atoms with van der Waals surface area (Å²) in [5.41, 5.74) is 1.59. The van der Waals surface area contributed by atoms with Crippen LogP contribution in [0, 0.1) is 0 Å². The van der Waals surface area contributed by atoms with Gasteiger partial charge in [-0.15, -0.1) is 0 Å². The molecule has 1 N–H and O–H groups in total. The van der Waals surface area contributed by atoms with E-state index in [1.165, 1.54) is 5.69 Å². The lowest BCUT2D eigenvalue weighted by molar-refractivity contribution is -0.137. The van der Waals surface area contributed by atoms with Gasteiger partial charge in [0.1, 0.15) is 0 Å². The van der Waals surface area contributed by atoms with Crippen LogP contribution in [0.15, 0.2) is 24.3 Å². The predicted molar refractivity (Wildman–Crippen MR) is 90.5 cm³/mol. The van der Waals surface area contributed by atoms with Gasteiger partial charge in [0.2, 0.25) is 11.8 Å². The minimum Gasteiger partial charge on any atom is -0.369 e. The zero-order valence-electron chi connectivity index (χ0n) is 14.0. The maximum atomic E-state index is 12.2. The first-order valence-electron chi connectivity index (χ1n) is 8.45.